The molecule has 13 nitrogen and oxygen atoms in total. The van der Waals surface area contributed by atoms with Crippen LogP contribution in [-0.2, 0) is 0 Å². The summed E-state index contributed by atoms with van der Waals surface area (Å²) in [5, 5.41) is 44.6. The summed E-state index contributed by atoms with van der Waals surface area (Å²) in [7, 11) is 0. The third-order valence-corrected chi connectivity index (χ3v) is 3.94. The Labute approximate surface area is 170 Å². The van der Waals surface area contributed by atoms with Crippen LogP contribution >= 0.6 is 0 Å². The van der Waals surface area contributed by atoms with Crippen LogP contribution in [0.3, 0.4) is 0 Å². The molecule has 0 fully saturated rings. The second kappa shape index (κ2) is 9.99. The number of nitrogen functional groups attached to an aromatic ring is 1. The lowest BCUT2D eigenvalue weighted by atomic mass is 10.2. The quantitative estimate of drug-likeness (QED) is 0.206. The third-order valence-electron chi connectivity index (χ3n) is 3.94. The summed E-state index contributed by atoms with van der Waals surface area (Å²) in [6.07, 6.45) is 0. The molecule has 0 saturated heterocycles. The smallest absolute Gasteiger partial charge is 0.296 e. The molecule has 160 valence electrons. The molecule has 13 heteroatoms. The lowest BCUT2D eigenvalue weighted by Gasteiger charge is -2.25. The van der Waals surface area contributed by atoms with Crippen LogP contribution in [0.2, 0.25) is 0 Å². The maximum atomic E-state index is 12.6. The molecule has 0 aromatic heterocycles. The average Bonchev–Trinajstić information content (AvgIpc) is 2.72. The Morgan fingerprint density at radius 3 is 2.43 bits per heavy atom. The lowest BCUT2D eigenvalue weighted by Crippen LogP contribution is -2.44. The van der Waals surface area contributed by atoms with E-state index in [1.165, 1.54) is 24.3 Å². The van der Waals surface area contributed by atoms with E-state index in [0.29, 0.717) is 0 Å². The topological polar surface area (TPSA) is 197 Å². The van der Waals surface area contributed by atoms with Crippen molar-refractivity contribution < 1.29 is 24.9 Å². The van der Waals surface area contributed by atoms with Gasteiger partial charge < -0.3 is 21.3 Å². The summed E-state index contributed by atoms with van der Waals surface area (Å²) in [4.78, 5) is 33.6. The first-order valence-corrected chi connectivity index (χ1v) is 8.65. The number of non-ortho nitro benzene ring substituents is 1. The number of hydrazine groups is 1. The standard InChI is InChI=1S/C17H20N6O7/c18-13-9-16(23(29)30)15(10-14(13)19-4-6-24)21(5-7-25)20-17(26)11-2-1-3-12(8-11)22(27)28/h1-3,8-10,19,24-25H,4-7,18H2,(H,20,26). The van der Waals surface area contributed by atoms with Crippen molar-refractivity contribution >= 4 is 34.3 Å². The summed E-state index contributed by atoms with van der Waals surface area (Å²) in [5.74, 6) is -0.775. The normalized spacial score (nSPS) is 10.3. The summed E-state index contributed by atoms with van der Waals surface area (Å²) < 4.78 is 0. The molecule has 0 aliphatic carbocycles. The first-order valence-electron chi connectivity index (χ1n) is 8.65. The lowest BCUT2D eigenvalue weighted by molar-refractivity contribution is -0.384. The number of benzene rings is 2. The number of nitro benzene ring substituents is 2. The van der Waals surface area contributed by atoms with E-state index in [1.807, 2.05) is 0 Å². The molecule has 0 heterocycles. The predicted octanol–water partition coefficient (Wildman–Crippen LogP) is 0.633. The molecule has 0 atom stereocenters. The van der Waals surface area contributed by atoms with Crippen LogP contribution in [0.4, 0.5) is 28.4 Å². The number of nitro groups is 2. The Balaban J connectivity index is 2.43. The highest BCUT2D eigenvalue weighted by molar-refractivity contribution is 5.96. The van der Waals surface area contributed by atoms with Crippen molar-refractivity contribution in [3.05, 3.63) is 62.2 Å². The molecule has 0 aliphatic heterocycles. The van der Waals surface area contributed by atoms with Crippen LogP contribution < -0.4 is 21.5 Å². The number of hydrogen-bond donors (Lipinski definition) is 5. The fraction of sp³-hybridized carbons (Fsp3) is 0.235. The fourth-order valence-electron chi connectivity index (χ4n) is 2.58. The molecule has 0 saturated carbocycles. The Morgan fingerprint density at radius 1 is 1.10 bits per heavy atom. The maximum absolute atomic E-state index is 12.6. The maximum Gasteiger partial charge on any atom is 0.296 e. The van der Waals surface area contributed by atoms with Gasteiger partial charge >= 0.3 is 0 Å². The largest absolute Gasteiger partial charge is 0.397 e. The molecule has 2 rings (SSSR count). The zero-order chi connectivity index (χ0) is 22.3. The zero-order valence-corrected chi connectivity index (χ0v) is 15.6. The Bertz CT molecular complexity index is 952. The molecule has 0 unspecified atom stereocenters. The van der Waals surface area contributed by atoms with E-state index in [9.17, 15) is 30.1 Å². The highest BCUT2D eigenvalue weighted by Gasteiger charge is 2.24. The third kappa shape index (κ3) is 5.30. The number of carbonyl (C=O) groups excluding carboxylic acids is 1. The van der Waals surface area contributed by atoms with Gasteiger partial charge in [0.2, 0.25) is 0 Å². The van der Waals surface area contributed by atoms with Crippen molar-refractivity contribution in [1.82, 2.24) is 5.43 Å². The van der Waals surface area contributed by atoms with Gasteiger partial charge in [-0.05, 0) is 12.1 Å². The van der Waals surface area contributed by atoms with Gasteiger partial charge in [0, 0.05) is 30.3 Å². The highest BCUT2D eigenvalue weighted by atomic mass is 16.6. The van der Waals surface area contributed by atoms with Gasteiger partial charge in [0.25, 0.3) is 17.3 Å². The van der Waals surface area contributed by atoms with Gasteiger partial charge in [-0.15, -0.1) is 0 Å². The molecule has 2 aromatic carbocycles. The fourth-order valence-corrected chi connectivity index (χ4v) is 2.58. The number of nitrogens with two attached hydrogens (primary N) is 1. The van der Waals surface area contributed by atoms with Crippen molar-refractivity contribution in [2.45, 2.75) is 0 Å². The van der Waals surface area contributed by atoms with Crippen LogP contribution in [0.5, 0.6) is 0 Å². The Hall–Kier alpha value is -3.97. The number of nitrogens with one attached hydrogen (secondary N) is 2. The van der Waals surface area contributed by atoms with Crippen LogP contribution in [0.1, 0.15) is 10.4 Å². The van der Waals surface area contributed by atoms with Crippen molar-refractivity contribution in [2.75, 3.05) is 42.4 Å². The minimum atomic E-state index is -0.775. The summed E-state index contributed by atoms with van der Waals surface area (Å²) in [6, 6.07) is 7.31. The SMILES string of the molecule is Nc1cc([N+](=O)[O-])c(N(CCO)NC(=O)c2cccc([N+](=O)[O-])c2)cc1NCCO. The number of aliphatic hydroxyl groups is 2. The van der Waals surface area contributed by atoms with E-state index in [4.69, 9.17) is 10.8 Å². The van der Waals surface area contributed by atoms with E-state index in [-0.39, 0.29) is 48.0 Å². The number of rotatable bonds is 10. The minimum absolute atomic E-state index is 0.0489. The molecule has 0 bridgehead atoms. The van der Waals surface area contributed by atoms with Crippen LogP contribution in [0, 0.1) is 20.2 Å². The molecule has 0 radical (unpaired) electrons. The predicted molar refractivity (Wildman–Crippen MR) is 108 cm³/mol. The van der Waals surface area contributed by atoms with Gasteiger partial charge in [0.1, 0.15) is 5.69 Å². The number of nitrogens with zero attached hydrogens (tertiary/aromatic N) is 3. The molecule has 0 spiro atoms. The molecule has 30 heavy (non-hydrogen) atoms. The zero-order valence-electron chi connectivity index (χ0n) is 15.6. The summed E-state index contributed by atoms with van der Waals surface area (Å²) in [6.45, 7) is -0.766. The minimum Gasteiger partial charge on any atom is -0.397 e. The highest BCUT2D eigenvalue weighted by Crippen LogP contribution is 2.35. The first-order chi connectivity index (χ1) is 14.3. The number of anilines is 3. The number of carbonyl (C=O) groups is 1. The summed E-state index contributed by atoms with van der Waals surface area (Å²) in [5.41, 5.74) is 7.67. The molecular formula is C17H20N6O7. The van der Waals surface area contributed by atoms with Crippen molar-refractivity contribution in [1.29, 1.82) is 0 Å². The number of amides is 1. The molecule has 0 aliphatic rings. The van der Waals surface area contributed by atoms with E-state index >= 15 is 0 Å². The molecular weight excluding hydrogens is 400 g/mol. The number of hydrogen-bond acceptors (Lipinski definition) is 10. The van der Waals surface area contributed by atoms with E-state index in [1.54, 1.807) is 0 Å². The van der Waals surface area contributed by atoms with Crippen molar-refractivity contribution in [2.24, 2.45) is 0 Å². The molecule has 2 aromatic rings. The van der Waals surface area contributed by atoms with Gasteiger partial charge in [-0.3, -0.25) is 35.5 Å². The van der Waals surface area contributed by atoms with Crippen LogP contribution in [0.25, 0.3) is 0 Å². The van der Waals surface area contributed by atoms with E-state index in [2.05, 4.69) is 10.7 Å². The van der Waals surface area contributed by atoms with E-state index in [0.717, 1.165) is 17.1 Å². The monoisotopic (exact) mass is 420 g/mol. The van der Waals surface area contributed by atoms with Gasteiger partial charge in [0.15, 0.2) is 0 Å². The average molecular weight is 420 g/mol. The van der Waals surface area contributed by atoms with Gasteiger partial charge in [-0.1, -0.05) is 6.07 Å². The van der Waals surface area contributed by atoms with E-state index < -0.39 is 28.0 Å². The second-order valence-corrected chi connectivity index (χ2v) is 5.96. The van der Waals surface area contributed by atoms with Crippen molar-refractivity contribution in [3.8, 4) is 0 Å². The van der Waals surface area contributed by atoms with Crippen LogP contribution in [-0.4, -0.2) is 52.3 Å². The van der Waals surface area contributed by atoms with Gasteiger partial charge in [0.05, 0.1) is 41.0 Å². The Morgan fingerprint density at radius 2 is 1.83 bits per heavy atom. The van der Waals surface area contributed by atoms with Crippen molar-refractivity contribution in [3.63, 3.8) is 0 Å². The Kier molecular flexibility index (Phi) is 7.44. The first kappa shape index (κ1) is 22.3. The van der Waals surface area contributed by atoms with Gasteiger partial charge in [-0.2, -0.15) is 0 Å². The number of aliphatic hydroxyl groups excluding tert-OH is 2. The van der Waals surface area contributed by atoms with Crippen LogP contribution in [0.15, 0.2) is 36.4 Å². The second-order valence-electron chi connectivity index (χ2n) is 5.96. The van der Waals surface area contributed by atoms with Gasteiger partial charge in [-0.25, -0.2) is 0 Å². The molecule has 1 amide bonds. The molecule has 6 N–H and O–H groups in total. The summed E-state index contributed by atoms with van der Waals surface area (Å²) >= 11 is 0.